The van der Waals surface area contributed by atoms with E-state index in [0.29, 0.717) is 5.92 Å². The van der Waals surface area contributed by atoms with Crippen molar-refractivity contribution in [2.75, 3.05) is 7.11 Å². The van der Waals surface area contributed by atoms with Crippen LogP contribution in [0.15, 0.2) is 24.3 Å². The molecule has 3 N–H and O–H groups in total. The molecule has 1 aliphatic carbocycles. The first-order valence-electron chi connectivity index (χ1n) is 7.00. The lowest BCUT2D eigenvalue weighted by Crippen LogP contribution is -2.42. The lowest BCUT2D eigenvalue weighted by atomic mass is 9.81. The Hall–Kier alpha value is -0.610. The van der Waals surface area contributed by atoms with E-state index in [4.69, 9.17) is 22.2 Å². The van der Waals surface area contributed by atoms with Gasteiger partial charge in [0.05, 0.1) is 12.1 Å². The van der Waals surface area contributed by atoms with Crippen LogP contribution in [0.3, 0.4) is 0 Å². The zero-order chi connectivity index (χ0) is 13.7. The second-order valence-corrected chi connectivity index (χ2v) is 5.73. The zero-order valence-corrected chi connectivity index (χ0v) is 12.2. The third kappa shape index (κ3) is 3.69. The number of nitrogens with two attached hydrogens (primary N) is 1. The van der Waals surface area contributed by atoms with E-state index in [-0.39, 0.29) is 12.1 Å². The van der Waals surface area contributed by atoms with Crippen LogP contribution in [-0.2, 0) is 4.74 Å². The van der Waals surface area contributed by atoms with Crippen LogP contribution in [-0.4, -0.2) is 13.2 Å². The van der Waals surface area contributed by atoms with Gasteiger partial charge in [-0.1, -0.05) is 43.0 Å². The van der Waals surface area contributed by atoms with Crippen LogP contribution in [0.25, 0.3) is 0 Å². The van der Waals surface area contributed by atoms with Gasteiger partial charge in [0.15, 0.2) is 0 Å². The summed E-state index contributed by atoms with van der Waals surface area (Å²) in [6.45, 7) is 0. The molecule has 2 atom stereocenters. The van der Waals surface area contributed by atoms with Gasteiger partial charge in [0, 0.05) is 12.1 Å². The maximum absolute atomic E-state index is 5.94. The third-order valence-corrected chi connectivity index (χ3v) is 4.38. The zero-order valence-electron chi connectivity index (χ0n) is 11.4. The van der Waals surface area contributed by atoms with Crippen LogP contribution in [0, 0.1) is 5.92 Å². The van der Waals surface area contributed by atoms with Crippen molar-refractivity contribution in [1.82, 2.24) is 5.43 Å². The molecule has 1 aliphatic rings. The Kier molecular flexibility index (Phi) is 5.64. The molecular weight excluding hydrogens is 260 g/mol. The van der Waals surface area contributed by atoms with E-state index in [2.05, 4.69) is 5.43 Å². The summed E-state index contributed by atoms with van der Waals surface area (Å²) in [5, 5.41) is 0.742. The van der Waals surface area contributed by atoms with Crippen LogP contribution in [0.1, 0.15) is 43.7 Å². The van der Waals surface area contributed by atoms with Crippen molar-refractivity contribution in [3.63, 3.8) is 0 Å². The predicted molar refractivity (Wildman–Crippen MR) is 78.9 cm³/mol. The summed E-state index contributed by atoms with van der Waals surface area (Å²) in [7, 11) is 1.78. The Morgan fingerprint density at radius 2 is 1.84 bits per heavy atom. The molecule has 2 unspecified atom stereocenters. The van der Waals surface area contributed by atoms with Crippen molar-refractivity contribution < 1.29 is 4.74 Å². The summed E-state index contributed by atoms with van der Waals surface area (Å²) >= 11 is 5.94. The van der Waals surface area contributed by atoms with Gasteiger partial charge in [-0.15, -0.1) is 0 Å². The molecule has 4 heteroatoms. The van der Waals surface area contributed by atoms with E-state index in [1.165, 1.54) is 32.1 Å². The number of rotatable bonds is 5. The van der Waals surface area contributed by atoms with Gasteiger partial charge in [-0.2, -0.15) is 0 Å². The van der Waals surface area contributed by atoms with Gasteiger partial charge >= 0.3 is 0 Å². The molecular formula is C15H23ClN2O. The maximum atomic E-state index is 5.94. The molecule has 1 aromatic carbocycles. The van der Waals surface area contributed by atoms with Crippen molar-refractivity contribution in [2.24, 2.45) is 11.8 Å². The largest absolute Gasteiger partial charge is 0.379 e. The van der Waals surface area contributed by atoms with E-state index in [1.807, 2.05) is 24.3 Å². The van der Waals surface area contributed by atoms with Gasteiger partial charge in [-0.05, 0) is 36.5 Å². The minimum atomic E-state index is 0.0189. The molecule has 19 heavy (non-hydrogen) atoms. The Bertz CT molecular complexity index is 376. The molecule has 0 aromatic heterocycles. The fourth-order valence-electron chi connectivity index (χ4n) is 3.11. The van der Waals surface area contributed by atoms with Gasteiger partial charge in [-0.25, -0.2) is 0 Å². The summed E-state index contributed by atoms with van der Waals surface area (Å²) in [4.78, 5) is 0. The number of methoxy groups -OCH3 is 1. The van der Waals surface area contributed by atoms with Crippen molar-refractivity contribution in [3.8, 4) is 0 Å². The Morgan fingerprint density at radius 1 is 1.21 bits per heavy atom. The molecule has 2 rings (SSSR count). The minimum Gasteiger partial charge on any atom is -0.379 e. The highest BCUT2D eigenvalue weighted by Gasteiger charge is 2.31. The number of halogens is 1. The van der Waals surface area contributed by atoms with Gasteiger partial charge in [0.2, 0.25) is 0 Å². The number of hydrogen-bond donors (Lipinski definition) is 2. The smallest absolute Gasteiger partial charge is 0.0806 e. The van der Waals surface area contributed by atoms with Crippen molar-refractivity contribution in [1.29, 1.82) is 0 Å². The fourth-order valence-corrected chi connectivity index (χ4v) is 3.24. The van der Waals surface area contributed by atoms with Crippen LogP contribution in [0.2, 0.25) is 5.02 Å². The van der Waals surface area contributed by atoms with E-state index in [9.17, 15) is 0 Å². The second kappa shape index (κ2) is 7.25. The Balaban J connectivity index is 2.15. The van der Waals surface area contributed by atoms with Gasteiger partial charge in [-0.3, -0.25) is 11.3 Å². The predicted octanol–water partition coefficient (Wildman–Crippen LogP) is 3.44. The summed E-state index contributed by atoms with van der Waals surface area (Å²) in [5.74, 6) is 6.34. The number of hydrazine groups is 1. The second-order valence-electron chi connectivity index (χ2n) is 5.29. The van der Waals surface area contributed by atoms with Gasteiger partial charge in [0.25, 0.3) is 0 Å². The average molecular weight is 283 g/mol. The Morgan fingerprint density at radius 3 is 2.37 bits per heavy atom. The first-order valence-corrected chi connectivity index (χ1v) is 7.38. The molecule has 3 nitrogen and oxygen atoms in total. The standard InChI is InChI=1S/C15H23ClN2O/c1-19-15(12-5-3-2-4-6-12)14(18-17)11-7-9-13(16)10-8-11/h7-10,12,14-15,18H,2-6,17H2,1H3. The lowest BCUT2D eigenvalue weighted by Gasteiger charge is -2.34. The maximum Gasteiger partial charge on any atom is 0.0806 e. The molecule has 1 fully saturated rings. The molecule has 0 spiro atoms. The average Bonchev–Trinajstić information content (AvgIpc) is 2.47. The lowest BCUT2D eigenvalue weighted by molar-refractivity contribution is 0.00750. The molecule has 0 aliphatic heterocycles. The van der Waals surface area contributed by atoms with Gasteiger partial charge in [0.1, 0.15) is 0 Å². The molecule has 0 bridgehead atoms. The number of benzene rings is 1. The first kappa shape index (κ1) is 14.8. The highest BCUT2D eigenvalue weighted by molar-refractivity contribution is 6.30. The number of ether oxygens (including phenoxy) is 1. The van der Waals surface area contributed by atoms with E-state index >= 15 is 0 Å². The Labute approximate surface area is 120 Å². The molecule has 0 radical (unpaired) electrons. The van der Waals surface area contributed by atoms with Crippen molar-refractivity contribution in [2.45, 2.75) is 44.2 Å². The highest BCUT2D eigenvalue weighted by atomic mass is 35.5. The quantitative estimate of drug-likeness (QED) is 0.642. The normalized spacial score (nSPS) is 20.2. The molecule has 0 saturated heterocycles. The fraction of sp³-hybridized carbons (Fsp3) is 0.600. The summed E-state index contributed by atoms with van der Waals surface area (Å²) in [6.07, 6.45) is 6.50. The van der Waals surface area contributed by atoms with E-state index < -0.39 is 0 Å². The summed E-state index contributed by atoms with van der Waals surface area (Å²) < 4.78 is 5.75. The molecule has 1 saturated carbocycles. The van der Waals surface area contributed by atoms with Crippen LogP contribution >= 0.6 is 11.6 Å². The monoisotopic (exact) mass is 282 g/mol. The van der Waals surface area contributed by atoms with Crippen LogP contribution < -0.4 is 11.3 Å². The van der Waals surface area contributed by atoms with E-state index in [1.54, 1.807) is 7.11 Å². The number of hydrogen-bond acceptors (Lipinski definition) is 3. The molecule has 0 amide bonds. The van der Waals surface area contributed by atoms with Gasteiger partial charge < -0.3 is 4.74 Å². The van der Waals surface area contributed by atoms with E-state index in [0.717, 1.165) is 10.6 Å². The third-order valence-electron chi connectivity index (χ3n) is 4.12. The van der Waals surface area contributed by atoms with Crippen LogP contribution in [0.5, 0.6) is 0 Å². The first-order chi connectivity index (χ1) is 9.26. The molecule has 1 aromatic rings. The van der Waals surface area contributed by atoms with Crippen molar-refractivity contribution >= 4 is 11.6 Å². The summed E-state index contributed by atoms with van der Waals surface area (Å²) in [5.41, 5.74) is 4.05. The highest BCUT2D eigenvalue weighted by Crippen LogP contribution is 2.34. The molecule has 0 heterocycles. The summed E-state index contributed by atoms with van der Waals surface area (Å²) in [6, 6.07) is 7.85. The topological polar surface area (TPSA) is 47.3 Å². The van der Waals surface area contributed by atoms with Crippen LogP contribution in [0.4, 0.5) is 0 Å². The minimum absolute atomic E-state index is 0.0189. The molecule has 106 valence electrons. The van der Waals surface area contributed by atoms with Crippen molar-refractivity contribution in [3.05, 3.63) is 34.9 Å². The SMILES string of the molecule is COC(C1CCCCC1)C(NN)c1ccc(Cl)cc1. The number of nitrogens with one attached hydrogen (secondary N) is 1.